The summed E-state index contributed by atoms with van der Waals surface area (Å²) in [5, 5.41) is 32.3. The second-order valence-electron chi connectivity index (χ2n) is 8.79. The van der Waals surface area contributed by atoms with Gasteiger partial charge in [0.15, 0.2) is 0 Å². The van der Waals surface area contributed by atoms with Crippen molar-refractivity contribution in [1.29, 1.82) is 0 Å². The zero-order valence-electron chi connectivity index (χ0n) is 20.7. The SMILES string of the molecule is CN(C)CCOC(=O)C(c1ccccc1)C1(O)CCCC1.CNC[C@@H](O)c1cccc(O)c1.Cl.Cl. The predicted molar refractivity (Wildman–Crippen MR) is 144 cm³/mol. The van der Waals surface area contributed by atoms with Crippen LogP contribution in [0.3, 0.4) is 0 Å². The van der Waals surface area contributed by atoms with Crippen molar-refractivity contribution in [1.82, 2.24) is 10.2 Å². The quantitative estimate of drug-likeness (QED) is 0.367. The Labute approximate surface area is 221 Å². The van der Waals surface area contributed by atoms with Crippen LogP contribution in [0.5, 0.6) is 5.75 Å². The minimum absolute atomic E-state index is 0. The molecule has 0 radical (unpaired) electrons. The van der Waals surface area contributed by atoms with Crippen molar-refractivity contribution >= 4 is 30.8 Å². The number of aliphatic hydroxyl groups is 2. The highest BCUT2D eigenvalue weighted by atomic mass is 35.5. The van der Waals surface area contributed by atoms with Gasteiger partial charge in [0.1, 0.15) is 18.3 Å². The summed E-state index contributed by atoms with van der Waals surface area (Å²) < 4.78 is 5.41. The fourth-order valence-corrected chi connectivity index (χ4v) is 4.04. The van der Waals surface area contributed by atoms with Crippen molar-refractivity contribution in [3.63, 3.8) is 0 Å². The third kappa shape index (κ3) is 10.7. The normalized spacial score (nSPS) is 15.6. The minimum Gasteiger partial charge on any atom is -0.508 e. The van der Waals surface area contributed by atoms with Gasteiger partial charge in [0.2, 0.25) is 0 Å². The van der Waals surface area contributed by atoms with Gasteiger partial charge in [-0.25, -0.2) is 0 Å². The van der Waals surface area contributed by atoms with Gasteiger partial charge in [-0.2, -0.15) is 0 Å². The van der Waals surface area contributed by atoms with Crippen LogP contribution in [0, 0.1) is 0 Å². The molecule has 2 aromatic rings. The summed E-state index contributed by atoms with van der Waals surface area (Å²) >= 11 is 0. The fraction of sp³-hybridized carbons (Fsp3) is 0.500. The number of aliphatic hydroxyl groups excluding tert-OH is 1. The van der Waals surface area contributed by atoms with Crippen molar-refractivity contribution < 1.29 is 24.9 Å². The van der Waals surface area contributed by atoms with Gasteiger partial charge in [0.05, 0.1) is 11.7 Å². The van der Waals surface area contributed by atoms with Crippen LogP contribution >= 0.6 is 24.8 Å². The largest absolute Gasteiger partial charge is 0.508 e. The molecule has 0 bridgehead atoms. The number of likely N-dealkylation sites (N-methyl/N-ethyl adjacent to an activating group) is 2. The van der Waals surface area contributed by atoms with E-state index in [0.717, 1.165) is 24.0 Å². The molecule has 198 valence electrons. The average Bonchev–Trinajstić information content (AvgIpc) is 3.22. The second-order valence-corrected chi connectivity index (χ2v) is 8.79. The van der Waals surface area contributed by atoms with Gasteiger partial charge >= 0.3 is 5.97 Å². The molecule has 2 atom stereocenters. The monoisotopic (exact) mass is 530 g/mol. The first-order chi connectivity index (χ1) is 15.8. The summed E-state index contributed by atoms with van der Waals surface area (Å²) in [5.74, 6) is -0.710. The number of phenolic OH excluding ortho intramolecular Hbond substituents is 1. The summed E-state index contributed by atoms with van der Waals surface area (Å²) in [5.41, 5.74) is 0.609. The Hall–Kier alpha value is -1.87. The molecular formula is C26H40Cl2N2O5. The smallest absolute Gasteiger partial charge is 0.316 e. The third-order valence-electron chi connectivity index (χ3n) is 5.81. The first kappa shape index (κ1) is 33.1. The number of hydrogen-bond acceptors (Lipinski definition) is 7. The summed E-state index contributed by atoms with van der Waals surface area (Å²) in [4.78, 5) is 14.5. The van der Waals surface area contributed by atoms with Gasteiger partial charge in [0, 0.05) is 13.1 Å². The lowest BCUT2D eigenvalue weighted by molar-refractivity contribution is -0.152. The number of phenols is 1. The second kappa shape index (κ2) is 16.7. The molecule has 0 amide bonds. The lowest BCUT2D eigenvalue weighted by Gasteiger charge is -2.31. The van der Waals surface area contributed by atoms with E-state index in [1.54, 1.807) is 31.3 Å². The maximum Gasteiger partial charge on any atom is 0.316 e. The maximum atomic E-state index is 12.5. The topological polar surface area (TPSA) is 102 Å². The molecule has 35 heavy (non-hydrogen) atoms. The Kier molecular flexibility index (Phi) is 15.8. The van der Waals surface area contributed by atoms with Crippen LogP contribution in [0.25, 0.3) is 0 Å². The number of carbonyl (C=O) groups is 1. The first-order valence-electron chi connectivity index (χ1n) is 11.5. The molecule has 1 unspecified atom stereocenters. The molecule has 0 heterocycles. The number of nitrogens with zero attached hydrogens (tertiary/aromatic N) is 1. The van der Waals surface area contributed by atoms with Gasteiger partial charge in [-0.1, -0.05) is 55.3 Å². The number of nitrogens with one attached hydrogen (secondary N) is 1. The van der Waals surface area contributed by atoms with E-state index in [-0.39, 0.29) is 36.5 Å². The van der Waals surface area contributed by atoms with E-state index < -0.39 is 17.6 Å². The Morgan fingerprint density at radius 3 is 2.20 bits per heavy atom. The Balaban J connectivity index is 0.000000712. The van der Waals surface area contributed by atoms with E-state index in [0.29, 0.717) is 32.5 Å². The molecule has 4 N–H and O–H groups in total. The summed E-state index contributed by atoms with van der Waals surface area (Å²) in [6.45, 7) is 1.53. The third-order valence-corrected chi connectivity index (χ3v) is 5.81. The molecular weight excluding hydrogens is 491 g/mol. The van der Waals surface area contributed by atoms with Crippen LogP contribution in [-0.2, 0) is 9.53 Å². The molecule has 1 saturated carbocycles. The fourth-order valence-electron chi connectivity index (χ4n) is 4.04. The summed E-state index contributed by atoms with van der Waals surface area (Å²) in [7, 11) is 5.64. The van der Waals surface area contributed by atoms with Crippen LogP contribution in [0.2, 0.25) is 0 Å². The van der Waals surface area contributed by atoms with Gasteiger partial charge in [0.25, 0.3) is 0 Å². The summed E-state index contributed by atoms with van der Waals surface area (Å²) in [6, 6.07) is 16.1. The molecule has 1 aliphatic rings. The molecule has 9 heteroatoms. The van der Waals surface area contributed by atoms with Crippen LogP contribution in [0.1, 0.15) is 48.8 Å². The van der Waals surface area contributed by atoms with Gasteiger partial charge in [-0.15, -0.1) is 24.8 Å². The number of esters is 1. The van der Waals surface area contributed by atoms with E-state index in [9.17, 15) is 15.0 Å². The average molecular weight is 532 g/mol. The number of aromatic hydroxyl groups is 1. The van der Waals surface area contributed by atoms with Crippen LogP contribution in [0.15, 0.2) is 54.6 Å². The van der Waals surface area contributed by atoms with E-state index in [2.05, 4.69) is 5.32 Å². The van der Waals surface area contributed by atoms with E-state index in [1.807, 2.05) is 49.3 Å². The standard InChI is InChI=1S/C17H25NO3.C9H13NO2.2ClH/c1-18(2)12-13-21-16(19)15(14-8-4-3-5-9-14)17(20)10-6-7-11-17;1-10-6-9(12)7-3-2-4-8(11)5-7;;/h3-5,8-9,15,20H,6-7,10-13H2,1-2H3;2-5,9-12H,6H2,1H3;2*1H/t;9-;;/m.1../s1. The lowest BCUT2D eigenvalue weighted by atomic mass is 9.81. The van der Waals surface area contributed by atoms with Crippen molar-refractivity contribution in [3.05, 3.63) is 65.7 Å². The lowest BCUT2D eigenvalue weighted by Crippen LogP contribution is -2.39. The van der Waals surface area contributed by atoms with Crippen LogP contribution in [-0.4, -0.2) is 72.6 Å². The molecule has 0 aliphatic heterocycles. The van der Waals surface area contributed by atoms with E-state index in [1.165, 1.54) is 0 Å². The Morgan fingerprint density at radius 1 is 1.06 bits per heavy atom. The highest BCUT2D eigenvalue weighted by Crippen LogP contribution is 2.42. The van der Waals surface area contributed by atoms with Gasteiger partial charge in [-0.05, 0) is 57.2 Å². The molecule has 3 rings (SSSR count). The van der Waals surface area contributed by atoms with Crippen LogP contribution < -0.4 is 5.32 Å². The zero-order valence-corrected chi connectivity index (χ0v) is 22.4. The molecule has 1 fully saturated rings. The minimum atomic E-state index is -0.962. The molecule has 7 nitrogen and oxygen atoms in total. The number of benzene rings is 2. The maximum absolute atomic E-state index is 12.5. The Bertz CT molecular complexity index is 849. The van der Waals surface area contributed by atoms with Gasteiger partial charge in [-0.3, -0.25) is 4.79 Å². The molecule has 0 saturated heterocycles. The van der Waals surface area contributed by atoms with Crippen LogP contribution in [0.4, 0.5) is 0 Å². The summed E-state index contributed by atoms with van der Waals surface area (Å²) in [6.07, 6.45) is 2.70. The molecule has 1 aliphatic carbocycles. The number of halogens is 2. The van der Waals surface area contributed by atoms with Crippen molar-refractivity contribution in [2.45, 2.75) is 43.3 Å². The van der Waals surface area contributed by atoms with E-state index in [4.69, 9.17) is 9.84 Å². The van der Waals surface area contributed by atoms with Crippen molar-refractivity contribution in [2.24, 2.45) is 0 Å². The first-order valence-corrected chi connectivity index (χ1v) is 11.5. The number of rotatable bonds is 9. The number of carbonyl (C=O) groups excluding carboxylic acids is 1. The molecule has 0 spiro atoms. The number of hydrogen-bond donors (Lipinski definition) is 4. The highest BCUT2D eigenvalue weighted by molar-refractivity contribution is 5.85. The van der Waals surface area contributed by atoms with Crippen molar-refractivity contribution in [2.75, 3.05) is 40.8 Å². The molecule has 0 aromatic heterocycles. The van der Waals surface area contributed by atoms with E-state index >= 15 is 0 Å². The Morgan fingerprint density at radius 2 is 1.66 bits per heavy atom. The predicted octanol–water partition coefficient (Wildman–Crippen LogP) is 3.67. The highest BCUT2D eigenvalue weighted by Gasteiger charge is 2.45. The number of ether oxygens (including phenoxy) is 1. The van der Waals surface area contributed by atoms with Crippen molar-refractivity contribution in [3.8, 4) is 5.75 Å². The molecule has 2 aromatic carbocycles. The zero-order chi connectivity index (χ0) is 24.3. The van der Waals surface area contributed by atoms with Gasteiger partial charge < -0.3 is 30.3 Å².